The van der Waals surface area contributed by atoms with Crippen LogP contribution >= 0.6 is 0 Å². The number of phenols is 1. The van der Waals surface area contributed by atoms with E-state index in [2.05, 4.69) is 25.9 Å². The Morgan fingerprint density at radius 3 is 2.38 bits per heavy atom. The average Bonchev–Trinajstić information content (AvgIpc) is 3.25. The number of rotatable bonds is 11. The summed E-state index contributed by atoms with van der Waals surface area (Å²) in [5.41, 5.74) is 7.09. The number of hydrogen-bond donors (Lipinski definition) is 7. The fraction of sp³-hybridized carbons (Fsp3) is 0.350. The Morgan fingerprint density at radius 1 is 1.09 bits per heavy atom. The zero-order valence-electron chi connectivity index (χ0n) is 17.4. The van der Waals surface area contributed by atoms with Gasteiger partial charge in [-0.3, -0.25) is 19.2 Å². The maximum Gasteiger partial charge on any atom is 0.325 e. The fourth-order valence-corrected chi connectivity index (χ4v) is 2.72. The van der Waals surface area contributed by atoms with Crippen LogP contribution in [0, 0.1) is 0 Å². The first kappa shape index (κ1) is 24.3. The molecule has 0 fully saturated rings. The van der Waals surface area contributed by atoms with Crippen molar-refractivity contribution in [2.24, 2.45) is 5.73 Å². The Kier molecular flexibility index (Phi) is 8.72. The number of carbonyl (C=O) groups is 4. The van der Waals surface area contributed by atoms with E-state index in [0.29, 0.717) is 11.3 Å². The number of nitrogens with zero attached hydrogens (tertiary/aromatic N) is 1. The molecule has 1 aromatic carbocycles. The third kappa shape index (κ3) is 7.72. The molecule has 1 heterocycles. The highest BCUT2D eigenvalue weighted by Crippen LogP contribution is 2.11. The number of aliphatic carboxylic acids is 1. The van der Waals surface area contributed by atoms with Gasteiger partial charge in [-0.2, -0.15) is 0 Å². The minimum absolute atomic E-state index is 0.0347. The lowest BCUT2D eigenvalue weighted by Crippen LogP contribution is -2.54. The topological polar surface area (TPSA) is 200 Å². The number of nitrogens with one attached hydrogen (secondary N) is 4. The van der Waals surface area contributed by atoms with Crippen molar-refractivity contribution in [1.29, 1.82) is 0 Å². The number of hydrogen-bond acceptors (Lipinski definition) is 7. The number of benzene rings is 1. The Morgan fingerprint density at radius 2 is 1.78 bits per heavy atom. The Labute approximate surface area is 183 Å². The van der Waals surface area contributed by atoms with Crippen LogP contribution in [0.3, 0.4) is 0 Å². The van der Waals surface area contributed by atoms with Crippen molar-refractivity contribution >= 4 is 23.7 Å². The van der Waals surface area contributed by atoms with Crippen LogP contribution in [0.25, 0.3) is 0 Å². The molecule has 3 amide bonds. The van der Waals surface area contributed by atoms with Crippen molar-refractivity contribution in [3.05, 3.63) is 48.0 Å². The number of aromatic amines is 1. The van der Waals surface area contributed by atoms with Crippen LogP contribution in [-0.4, -0.2) is 68.5 Å². The SMILES string of the molecule is CC(NC(=O)C(Cc1ccc(O)cc1)NC(=O)CNC(=O)C(N)Cc1cnc[nH]1)C(=O)O. The number of aromatic hydroxyl groups is 1. The zero-order valence-corrected chi connectivity index (χ0v) is 17.4. The molecular weight excluding hydrogens is 420 g/mol. The molecule has 0 saturated heterocycles. The molecule has 0 spiro atoms. The lowest BCUT2D eigenvalue weighted by molar-refractivity contribution is -0.141. The maximum atomic E-state index is 12.5. The first-order valence-electron chi connectivity index (χ1n) is 9.76. The molecule has 3 atom stereocenters. The molecule has 2 aromatic rings. The van der Waals surface area contributed by atoms with Crippen LogP contribution in [0.1, 0.15) is 18.2 Å². The molecule has 172 valence electrons. The smallest absolute Gasteiger partial charge is 0.325 e. The van der Waals surface area contributed by atoms with Gasteiger partial charge in [0.05, 0.1) is 18.9 Å². The van der Waals surface area contributed by atoms with E-state index in [0.717, 1.165) is 0 Å². The molecule has 0 radical (unpaired) electrons. The molecule has 1 aromatic heterocycles. The Bertz CT molecular complexity index is 931. The predicted octanol–water partition coefficient (Wildman–Crippen LogP) is -1.58. The van der Waals surface area contributed by atoms with Crippen molar-refractivity contribution in [3.8, 4) is 5.75 Å². The number of nitrogens with two attached hydrogens (primary N) is 1. The summed E-state index contributed by atoms with van der Waals surface area (Å²) in [5, 5.41) is 25.6. The molecule has 0 aliphatic carbocycles. The molecule has 32 heavy (non-hydrogen) atoms. The van der Waals surface area contributed by atoms with Crippen LogP contribution < -0.4 is 21.7 Å². The molecule has 12 nitrogen and oxygen atoms in total. The molecule has 0 saturated carbocycles. The van der Waals surface area contributed by atoms with Crippen molar-refractivity contribution in [2.75, 3.05) is 6.54 Å². The molecule has 12 heteroatoms. The number of imidazole rings is 1. The minimum Gasteiger partial charge on any atom is -0.508 e. The monoisotopic (exact) mass is 446 g/mol. The van der Waals surface area contributed by atoms with Crippen molar-refractivity contribution in [1.82, 2.24) is 25.9 Å². The second-order valence-corrected chi connectivity index (χ2v) is 7.16. The van der Waals surface area contributed by atoms with Crippen LogP contribution in [-0.2, 0) is 32.0 Å². The van der Waals surface area contributed by atoms with E-state index >= 15 is 0 Å². The zero-order chi connectivity index (χ0) is 23.7. The average molecular weight is 446 g/mol. The highest BCUT2D eigenvalue weighted by molar-refractivity contribution is 5.92. The Hall–Kier alpha value is -3.93. The van der Waals surface area contributed by atoms with Crippen molar-refractivity contribution < 1.29 is 29.4 Å². The van der Waals surface area contributed by atoms with Gasteiger partial charge in [0.2, 0.25) is 17.7 Å². The minimum atomic E-state index is -1.23. The highest BCUT2D eigenvalue weighted by Gasteiger charge is 2.25. The number of H-pyrrole nitrogens is 1. The summed E-state index contributed by atoms with van der Waals surface area (Å²) in [6, 6.07) is 2.81. The van der Waals surface area contributed by atoms with E-state index in [1.54, 1.807) is 12.1 Å². The van der Waals surface area contributed by atoms with Crippen LogP contribution in [0.4, 0.5) is 0 Å². The highest BCUT2D eigenvalue weighted by atomic mass is 16.4. The fourth-order valence-electron chi connectivity index (χ4n) is 2.72. The van der Waals surface area contributed by atoms with Gasteiger partial charge in [0, 0.05) is 24.7 Å². The molecule has 8 N–H and O–H groups in total. The van der Waals surface area contributed by atoms with E-state index in [9.17, 15) is 24.3 Å². The summed E-state index contributed by atoms with van der Waals surface area (Å²) in [4.78, 5) is 54.7. The predicted molar refractivity (Wildman–Crippen MR) is 112 cm³/mol. The van der Waals surface area contributed by atoms with Gasteiger partial charge in [0.1, 0.15) is 17.8 Å². The maximum absolute atomic E-state index is 12.5. The summed E-state index contributed by atoms with van der Waals surface area (Å²) in [6.07, 6.45) is 3.23. The number of carbonyl (C=O) groups excluding carboxylic acids is 3. The lowest BCUT2D eigenvalue weighted by atomic mass is 10.0. The van der Waals surface area contributed by atoms with Crippen LogP contribution in [0.5, 0.6) is 5.75 Å². The summed E-state index contributed by atoms with van der Waals surface area (Å²) in [7, 11) is 0. The summed E-state index contributed by atoms with van der Waals surface area (Å²) in [5.74, 6) is -3.12. The van der Waals surface area contributed by atoms with Gasteiger partial charge in [0.25, 0.3) is 0 Å². The number of carboxylic acids is 1. The van der Waals surface area contributed by atoms with E-state index in [1.165, 1.54) is 31.6 Å². The standard InChI is InChI=1S/C20H26N6O6/c1-11(20(31)32)25-19(30)16(6-12-2-4-14(27)5-3-12)26-17(28)9-23-18(29)15(21)7-13-8-22-10-24-13/h2-5,8,10-11,15-16,27H,6-7,9,21H2,1H3,(H,22,24)(H,23,29)(H,25,30)(H,26,28)(H,31,32). The summed E-state index contributed by atoms with van der Waals surface area (Å²) < 4.78 is 0. The van der Waals surface area contributed by atoms with Crippen LogP contribution in [0.15, 0.2) is 36.8 Å². The summed E-state index contributed by atoms with van der Waals surface area (Å²) >= 11 is 0. The van der Waals surface area contributed by atoms with Gasteiger partial charge < -0.3 is 36.9 Å². The molecule has 2 rings (SSSR count). The first-order valence-corrected chi connectivity index (χ1v) is 9.76. The molecular formula is C20H26N6O6. The van der Waals surface area contributed by atoms with Gasteiger partial charge in [-0.05, 0) is 24.6 Å². The number of aromatic nitrogens is 2. The third-order valence-corrected chi connectivity index (χ3v) is 4.51. The van der Waals surface area contributed by atoms with E-state index in [1.807, 2.05) is 0 Å². The lowest BCUT2D eigenvalue weighted by Gasteiger charge is -2.20. The molecule has 0 aliphatic rings. The first-order chi connectivity index (χ1) is 15.2. The summed E-state index contributed by atoms with van der Waals surface area (Å²) in [6.45, 7) is 0.865. The Balaban J connectivity index is 1.96. The molecule has 0 aliphatic heterocycles. The van der Waals surface area contributed by atoms with Gasteiger partial charge in [-0.25, -0.2) is 4.98 Å². The van der Waals surface area contributed by atoms with E-state index in [-0.39, 0.29) is 18.6 Å². The van der Waals surface area contributed by atoms with Gasteiger partial charge in [0.15, 0.2) is 0 Å². The molecule has 0 bridgehead atoms. The largest absolute Gasteiger partial charge is 0.508 e. The van der Waals surface area contributed by atoms with Crippen LogP contribution in [0.2, 0.25) is 0 Å². The second-order valence-electron chi connectivity index (χ2n) is 7.16. The quantitative estimate of drug-likeness (QED) is 0.214. The van der Waals surface area contributed by atoms with Gasteiger partial charge >= 0.3 is 5.97 Å². The third-order valence-electron chi connectivity index (χ3n) is 4.51. The normalized spacial score (nSPS) is 13.4. The van der Waals surface area contributed by atoms with Gasteiger partial charge in [-0.15, -0.1) is 0 Å². The number of amides is 3. The van der Waals surface area contributed by atoms with Gasteiger partial charge in [-0.1, -0.05) is 12.1 Å². The van der Waals surface area contributed by atoms with E-state index in [4.69, 9.17) is 10.8 Å². The molecule has 3 unspecified atom stereocenters. The van der Waals surface area contributed by atoms with E-state index < -0.39 is 48.4 Å². The van der Waals surface area contributed by atoms with Crippen molar-refractivity contribution in [2.45, 2.75) is 37.9 Å². The second kappa shape index (κ2) is 11.5. The number of phenolic OH excluding ortho intramolecular Hbond substituents is 1. The van der Waals surface area contributed by atoms with Crippen molar-refractivity contribution in [3.63, 3.8) is 0 Å². The number of carboxylic acid groups (broad SMARTS) is 1.